The monoisotopic (exact) mass is 306 g/mol. The highest BCUT2D eigenvalue weighted by atomic mass is 15.0. The lowest BCUT2D eigenvalue weighted by molar-refractivity contribution is 0.424. The van der Waals surface area contributed by atoms with E-state index in [1.54, 1.807) is 0 Å². The largest absolute Gasteiger partial charge is 0.345 e. The standard InChI is InChI=1S/C20H38N2/c1-10-11-12-13-20(8,9)17-16(15(4)14(2)3)21-18(22-17)19(5,6)7/h14-15H,10-13H2,1-9H3,(H,21,22). The molecule has 22 heavy (non-hydrogen) atoms. The van der Waals surface area contributed by atoms with Crippen molar-refractivity contribution in [2.75, 3.05) is 0 Å². The minimum atomic E-state index is 0.0726. The molecule has 0 fully saturated rings. The topological polar surface area (TPSA) is 28.7 Å². The van der Waals surface area contributed by atoms with Crippen LogP contribution in [-0.2, 0) is 10.8 Å². The lowest BCUT2D eigenvalue weighted by Crippen LogP contribution is -2.21. The molecule has 1 aromatic rings. The first-order chi connectivity index (χ1) is 10.0. The number of imidazole rings is 1. The molecular weight excluding hydrogens is 268 g/mol. The average molecular weight is 307 g/mol. The minimum absolute atomic E-state index is 0.0726. The van der Waals surface area contributed by atoms with Crippen LogP contribution in [0.5, 0.6) is 0 Å². The van der Waals surface area contributed by atoms with Crippen molar-refractivity contribution in [3.8, 4) is 0 Å². The van der Waals surface area contributed by atoms with E-state index in [2.05, 4.69) is 67.3 Å². The molecule has 0 saturated carbocycles. The summed E-state index contributed by atoms with van der Waals surface area (Å²) in [5.41, 5.74) is 2.88. The third kappa shape index (κ3) is 4.60. The summed E-state index contributed by atoms with van der Waals surface area (Å²) >= 11 is 0. The molecule has 0 aliphatic heterocycles. The Balaban J connectivity index is 3.22. The van der Waals surface area contributed by atoms with Gasteiger partial charge in [-0.25, -0.2) is 4.98 Å². The number of nitrogens with zero attached hydrogens (tertiary/aromatic N) is 1. The number of H-pyrrole nitrogens is 1. The van der Waals surface area contributed by atoms with Crippen LogP contribution in [0.3, 0.4) is 0 Å². The van der Waals surface area contributed by atoms with Crippen LogP contribution in [0.15, 0.2) is 0 Å². The highest BCUT2D eigenvalue weighted by molar-refractivity contribution is 5.28. The zero-order chi connectivity index (χ0) is 17.1. The van der Waals surface area contributed by atoms with E-state index in [0.29, 0.717) is 11.8 Å². The number of aromatic amines is 1. The maximum absolute atomic E-state index is 5.08. The van der Waals surface area contributed by atoms with Gasteiger partial charge < -0.3 is 4.98 Å². The Bertz CT molecular complexity index is 461. The molecular formula is C20H38N2. The van der Waals surface area contributed by atoms with Crippen molar-refractivity contribution >= 4 is 0 Å². The van der Waals surface area contributed by atoms with Crippen LogP contribution < -0.4 is 0 Å². The molecule has 1 N–H and O–H groups in total. The summed E-state index contributed by atoms with van der Waals surface area (Å²) in [5.74, 6) is 2.27. The Kier molecular flexibility index (Phi) is 6.29. The highest BCUT2D eigenvalue weighted by Gasteiger charge is 2.32. The Morgan fingerprint density at radius 1 is 1.00 bits per heavy atom. The first kappa shape index (κ1) is 19.3. The Morgan fingerprint density at radius 2 is 1.59 bits per heavy atom. The Labute approximate surface area is 138 Å². The molecule has 0 bridgehead atoms. The van der Waals surface area contributed by atoms with Crippen molar-refractivity contribution < 1.29 is 0 Å². The lowest BCUT2D eigenvalue weighted by Gasteiger charge is -2.26. The number of nitrogens with one attached hydrogen (secondary N) is 1. The Hall–Kier alpha value is -0.790. The number of aromatic nitrogens is 2. The van der Waals surface area contributed by atoms with Crippen LogP contribution in [0, 0.1) is 5.92 Å². The fourth-order valence-electron chi connectivity index (χ4n) is 2.86. The van der Waals surface area contributed by atoms with Gasteiger partial charge in [-0.2, -0.15) is 0 Å². The summed E-state index contributed by atoms with van der Waals surface area (Å²) in [5, 5.41) is 0. The van der Waals surface area contributed by atoms with Gasteiger partial charge >= 0.3 is 0 Å². The molecule has 0 radical (unpaired) electrons. The van der Waals surface area contributed by atoms with E-state index in [0.717, 1.165) is 5.82 Å². The second kappa shape index (κ2) is 7.19. The molecule has 0 amide bonds. The van der Waals surface area contributed by atoms with Gasteiger partial charge in [-0.1, -0.05) is 81.6 Å². The molecule has 1 rings (SSSR count). The van der Waals surface area contributed by atoms with Gasteiger partial charge in [0.15, 0.2) is 0 Å². The van der Waals surface area contributed by atoms with E-state index in [-0.39, 0.29) is 10.8 Å². The molecule has 2 heteroatoms. The van der Waals surface area contributed by atoms with Crippen LogP contribution in [0.4, 0.5) is 0 Å². The van der Waals surface area contributed by atoms with E-state index >= 15 is 0 Å². The molecule has 1 atom stereocenters. The summed E-state index contributed by atoms with van der Waals surface area (Å²) in [4.78, 5) is 8.77. The predicted octanol–water partition coefficient (Wildman–Crippen LogP) is 6.32. The third-order valence-electron chi connectivity index (χ3n) is 4.94. The number of unbranched alkanes of at least 4 members (excludes halogenated alkanes) is 2. The molecule has 1 heterocycles. The smallest absolute Gasteiger partial charge is 0.112 e. The van der Waals surface area contributed by atoms with Gasteiger partial charge in [0.2, 0.25) is 0 Å². The minimum Gasteiger partial charge on any atom is -0.345 e. The molecule has 0 spiro atoms. The van der Waals surface area contributed by atoms with Crippen LogP contribution >= 0.6 is 0 Å². The molecule has 0 aliphatic carbocycles. The van der Waals surface area contributed by atoms with Crippen molar-refractivity contribution in [1.82, 2.24) is 9.97 Å². The molecule has 2 nitrogen and oxygen atoms in total. The van der Waals surface area contributed by atoms with Gasteiger partial charge in [-0.15, -0.1) is 0 Å². The molecule has 1 unspecified atom stereocenters. The van der Waals surface area contributed by atoms with Crippen LogP contribution in [0.25, 0.3) is 0 Å². The molecule has 0 aliphatic rings. The van der Waals surface area contributed by atoms with E-state index in [4.69, 9.17) is 4.98 Å². The van der Waals surface area contributed by atoms with Gasteiger partial charge in [0.05, 0.1) is 5.69 Å². The zero-order valence-corrected chi connectivity index (χ0v) is 16.4. The second-order valence-corrected chi connectivity index (χ2v) is 8.97. The summed E-state index contributed by atoms with van der Waals surface area (Å²) < 4.78 is 0. The van der Waals surface area contributed by atoms with Gasteiger partial charge in [-0.05, 0) is 12.3 Å². The number of hydrogen-bond acceptors (Lipinski definition) is 1. The van der Waals surface area contributed by atoms with Crippen LogP contribution in [-0.4, -0.2) is 9.97 Å². The van der Waals surface area contributed by atoms with Crippen molar-refractivity contribution in [2.45, 2.75) is 105 Å². The summed E-state index contributed by atoms with van der Waals surface area (Å²) in [6.07, 6.45) is 5.10. The molecule has 0 aromatic carbocycles. The number of rotatable bonds is 7. The van der Waals surface area contributed by atoms with Crippen molar-refractivity contribution in [2.24, 2.45) is 5.92 Å². The van der Waals surface area contributed by atoms with Gasteiger partial charge in [0.25, 0.3) is 0 Å². The summed E-state index contributed by atoms with van der Waals surface area (Å²) in [7, 11) is 0. The SMILES string of the molecule is CCCCCC(C)(C)c1nc(C(C)(C)C)[nH]c1C(C)C(C)C. The van der Waals surface area contributed by atoms with E-state index in [1.807, 2.05) is 0 Å². The van der Waals surface area contributed by atoms with Crippen molar-refractivity contribution in [3.05, 3.63) is 17.2 Å². The number of hydrogen-bond donors (Lipinski definition) is 1. The van der Waals surface area contributed by atoms with Gasteiger partial charge in [0.1, 0.15) is 5.82 Å². The summed E-state index contributed by atoms with van der Waals surface area (Å²) in [6, 6.07) is 0. The van der Waals surface area contributed by atoms with Crippen LogP contribution in [0.1, 0.15) is 111 Å². The quantitative estimate of drug-likeness (QED) is 0.586. The molecule has 128 valence electrons. The van der Waals surface area contributed by atoms with E-state index < -0.39 is 0 Å². The van der Waals surface area contributed by atoms with Crippen molar-refractivity contribution in [3.63, 3.8) is 0 Å². The maximum atomic E-state index is 5.08. The normalized spacial score (nSPS) is 14.6. The van der Waals surface area contributed by atoms with Gasteiger partial charge in [-0.3, -0.25) is 0 Å². The molecule has 1 aromatic heterocycles. The first-order valence-corrected chi connectivity index (χ1v) is 9.11. The van der Waals surface area contributed by atoms with Crippen molar-refractivity contribution in [1.29, 1.82) is 0 Å². The first-order valence-electron chi connectivity index (χ1n) is 9.11. The summed E-state index contributed by atoms with van der Waals surface area (Å²) in [6.45, 7) is 20.6. The third-order valence-corrected chi connectivity index (χ3v) is 4.94. The van der Waals surface area contributed by atoms with Crippen LogP contribution in [0.2, 0.25) is 0 Å². The molecule has 0 saturated heterocycles. The second-order valence-electron chi connectivity index (χ2n) is 8.97. The fraction of sp³-hybridized carbons (Fsp3) is 0.850. The zero-order valence-electron chi connectivity index (χ0n) is 16.4. The fourth-order valence-corrected chi connectivity index (χ4v) is 2.86. The van der Waals surface area contributed by atoms with Gasteiger partial charge in [0, 0.05) is 22.4 Å². The lowest BCUT2D eigenvalue weighted by atomic mass is 9.79. The van der Waals surface area contributed by atoms with E-state index in [9.17, 15) is 0 Å². The predicted molar refractivity (Wildman–Crippen MR) is 97.7 cm³/mol. The van der Waals surface area contributed by atoms with E-state index in [1.165, 1.54) is 37.1 Å². The Morgan fingerprint density at radius 3 is 2.05 bits per heavy atom. The maximum Gasteiger partial charge on any atom is 0.112 e. The highest BCUT2D eigenvalue weighted by Crippen LogP contribution is 2.37. The average Bonchev–Trinajstić information content (AvgIpc) is 2.83.